The first-order chi connectivity index (χ1) is 8.50. The SMILES string of the molecule is CN(CC1(O)CCOCC1)C(=O)c1ccc(Br)s1. The van der Waals surface area contributed by atoms with Crippen LogP contribution in [0, 0.1) is 0 Å². The molecule has 18 heavy (non-hydrogen) atoms. The van der Waals surface area contributed by atoms with E-state index >= 15 is 0 Å². The number of nitrogens with zero attached hydrogens (tertiary/aromatic N) is 1. The van der Waals surface area contributed by atoms with Gasteiger partial charge in [-0.3, -0.25) is 4.79 Å². The van der Waals surface area contributed by atoms with Crippen molar-refractivity contribution in [2.75, 3.05) is 26.8 Å². The van der Waals surface area contributed by atoms with Gasteiger partial charge in [0.15, 0.2) is 0 Å². The van der Waals surface area contributed by atoms with Crippen LogP contribution >= 0.6 is 27.3 Å². The fraction of sp³-hybridized carbons (Fsp3) is 0.583. The number of rotatable bonds is 3. The maximum Gasteiger partial charge on any atom is 0.263 e. The molecule has 1 N–H and O–H groups in total. The summed E-state index contributed by atoms with van der Waals surface area (Å²) in [6.45, 7) is 1.47. The zero-order valence-corrected chi connectivity index (χ0v) is 12.6. The number of likely N-dealkylation sites (N-methyl/N-ethyl adjacent to an activating group) is 1. The first-order valence-corrected chi connectivity index (χ1v) is 7.42. The number of ether oxygens (including phenoxy) is 1. The van der Waals surface area contributed by atoms with Crippen LogP contribution in [0.3, 0.4) is 0 Å². The summed E-state index contributed by atoms with van der Waals surface area (Å²) >= 11 is 4.74. The van der Waals surface area contributed by atoms with Gasteiger partial charge >= 0.3 is 0 Å². The van der Waals surface area contributed by atoms with E-state index < -0.39 is 5.60 Å². The molecule has 1 aromatic rings. The maximum absolute atomic E-state index is 12.1. The van der Waals surface area contributed by atoms with Crippen LogP contribution in [0.25, 0.3) is 0 Å². The first-order valence-electron chi connectivity index (χ1n) is 5.81. The highest BCUT2D eigenvalue weighted by molar-refractivity contribution is 9.11. The summed E-state index contributed by atoms with van der Waals surface area (Å²) in [6.07, 6.45) is 1.16. The van der Waals surface area contributed by atoms with Crippen molar-refractivity contribution in [3.63, 3.8) is 0 Å². The number of thiophene rings is 1. The van der Waals surface area contributed by atoms with Crippen LogP contribution < -0.4 is 0 Å². The predicted molar refractivity (Wildman–Crippen MR) is 74.0 cm³/mol. The number of hydrogen-bond donors (Lipinski definition) is 1. The number of amides is 1. The van der Waals surface area contributed by atoms with Gasteiger partial charge in [0.1, 0.15) is 0 Å². The molecule has 0 spiro atoms. The second-order valence-corrected chi connectivity index (χ2v) is 7.06. The lowest BCUT2D eigenvalue weighted by molar-refractivity contribution is -0.0733. The molecule has 1 amide bonds. The highest BCUT2D eigenvalue weighted by atomic mass is 79.9. The fourth-order valence-corrected chi connectivity index (χ4v) is 3.42. The average molecular weight is 334 g/mol. The van der Waals surface area contributed by atoms with E-state index in [4.69, 9.17) is 4.74 Å². The Balaban J connectivity index is 1.98. The van der Waals surface area contributed by atoms with Crippen LogP contribution in [0.2, 0.25) is 0 Å². The van der Waals surface area contributed by atoms with Crippen LogP contribution in [0.15, 0.2) is 15.9 Å². The molecule has 0 aliphatic carbocycles. The molecule has 1 aliphatic rings. The number of carbonyl (C=O) groups is 1. The van der Waals surface area contributed by atoms with E-state index in [1.165, 1.54) is 11.3 Å². The van der Waals surface area contributed by atoms with E-state index in [1.807, 2.05) is 6.07 Å². The molecule has 1 saturated heterocycles. The summed E-state index contributed by atoms with van der Waals surface area (Å²) in [6, 6.07) is 3.65. The number of hydrogen-bond acceptors (Lipinski definition) is 4. The van der Waals surface area contributed by atoms with Gasteiger partial charge < -0.3 is 14.7 Å². The van der Waals surface area contributed by atoms with Gasteiger partial charge in [0.2, 0.25) is 0 Å². The molecule has 1 fully saturated rings. The third-order valence-electron chi connectivity index (χ3n) is 3.09. The number of halogens is 1. The molecular weight excluding hydrogens is 318 g/mol. The lowest BCUT2D eigenvalue weighted by Gasteiger charge is -2.35. The zero-order valence-electron chi connectivity index (χ0n) is 10.2. The molecule has 100 valence electrons. The highest BCUT2D eigenvalue weighted by Gasteiger charge is 2.32. The zero-order chi connectivity index (χ0) is 13.2. The van der Waals surface area contributed by atoms with Gasteiger partial charge in [-0.1, -0.05) is 0 Å². The van der Waals surface area contributed by atoms with Crippen molar-refractivity contribution in [1.29, 1.82) is 0 Å². The van der Waals surface area contributed by atoms with E-state index in [2.05, 4.69) is 15.9 Å². The summed E-state index contributed by atoms with van der Waals surface area (Å²) in [4.78, 5) is 14.4. The standard InChI is InChI=1S/C12H16BrNO3S/c1-14(8-12(16)4-6-17-7-5-12)11(15)9-2-3-10(13)18-9/h2-3,16H,4-8H2,1H3. The Kier molecular flexibility index (Phi) is 4.42. The Bertz CT molecular complexity index is 429. The molecule has 0 atom stereocenters. The Morgan fingerprint density at radius 1 is 1.56 bits per heavy atom. The van der Waals surface area contributed by atoms with Crippen molar-refractivity contribution >= 4 is 33.2 Å². The molecule has 6 heteroatoms. The van der Waals surface area contributed by atoms with Gasteiger partial charge in [-0.15, -0.1) is 11.3 Å². The lowest BCUT2D eigenvalue weighted by Crippen LogP contribution is -2.47. The Morgan fingerprint density at radius 2 is 2.22 bits per heavy atom. The molecule has 2 rings (SSSR count). The molecule has 0 radical (unpaired) electrons. The molecular formula is C12H16BrNO3S. The Labute approximate surface area is 119 Å². The lowest BCUT2D eigenvalue weighted by atomic mass is 9.94. The summed E-state index contributed by atoms with van der Waals surface area (Å²) in [5.41, 5.74) is -0.808. The molecule has 0 unspecified atom stereocenters. The van der Waals surface area contributed by atoms with Crippen LogP contribution in [0.5, 0.6) is 0 Å². The largest absolute Gasteiger partial charge is 0.388 e. The summed E-state index contributed by atoms with van der Waals surface area (Å²) in [5, 5.41) is 10.4. The van der Waals surface area contributed by atoms with E-state index in [0.717, 1.165) is 3.79 Å². The van der Waals surface area contributed by atoms with Crippen LogP contribution in [0.1, 0.15) is 22.5 Å². The highest BCUT2D eigenvalue weighted by Crippen LogP contribution is 2.25. The smallest absolute Gasteiger partial charge is 0.263 e. The minimum atomic E-state index is -0.808. The summed E-state index contributed by atoms with van der Waals surface area (Å²) in [7, 11) is 1.73. The normalized spacial score (nSPS) is 18.6. The predicted octanol–water partition coefficient (Wildman–Crippen LogP) is 2.12. The van der Waals surface area contributed by atoms with Crippen LogP contribution in [-0.2, 0) is 4.74 Å². The molecule has 1 aliphatic heterocycles. The molecule has 0 aromatic carbocycles. The quantitative estimate of drug-likeness (QED) is 0.921. The van der Waals surface area contributed by atoms with E-state index in [9.17, 15) is 9.90 Å². The van der Waals surface area contributed by atoms with Crippen molar-refractivity contribution in [2.24, 2.45) is 0 Å². The van der Waals surface area contributed by atoms with Crippen LogP contribution in [-0.4, -0.2) is 48.3 Å². The van der Waals surface area contributed by atoms with Crippen LogP contribution in [0.4, 0.5) is 0 Å². The third-order valence-corrected chi connectivity index (χ3v) is 4.70. The minimum Gasteiger partial charge on any atom is -0.388 e. The van der Waals surface area contributed by atoms with Gasteiger partial charge in [0.25, 0.3) is 5.91 Å². The fourth-order valence-electron chi connectivity index (χ4n) is 2.04. The molecule has 4 nitrogen and oxygen atoms in total. The van der Waals surface area contributed by atoms with E-state index in [-0.39, 0.29) is 5.91 Å². The monoisotopic (exact) mass is 333 g/mol. The second kappa shape index (κ2) is 5.69. The molecule has 1 aromatic heterocycles. The van der Waals surface area contributed by atoms with Gasteiger partial charge in [0, 0.05) is 39.6 Å². The molecule has 0 bridgehead atoms. The molecule has 0 saturated carbocycles. The van der Waals surface area contributed by atoms with Gasteiger partial charge in [-0.2, -0.15) is 0 Å². The van der Waals surface area contributed by atoms with Crippen molar-refractivity contribution in [1.82, 2.24) is 4.90 Å². The van der Waals surface area contributed by atoms with Crippen molar-refractivity contribution in [3.8, 4) is 0 Å². The van der Waals surface area contributed by atoms with Crippen molar-refractivity contribution in [2.45, 2.75) is 18.4 Å². The van der Waals surface area contributed by atoms with Gasteiger partial charge in [0.05, 0.1) is 14.3 Å². The Morgan fingerprint density at radius 3 is 2.78 bits per heavy atom. The number of carbonyl (C=O) groups excluding carboxylic acids is 1. The maximum atomic E-state index is 12.1. The van der Waals surface area contributed by atoms with Crippen molar-refractivity contribution < 1.29 is 14.6 Å². The molecule has 2 heterocycles. The van der Waals surface area contributed by atoms with Gasteiger partial charge in [-0.05, 0) is 28.1 Å². The number of aliphatic hydroxyl groups is 1. The minimum absolute atomic E-state index is 0.0504. The first kappa shape index (κ1) is 14.0. The average Bonchev–Trinajstić information content (AvgIpc) is 2.75. The van der Waals surface area contributed by atoms with E-state index in [1.54, 1.807) is 18.0 Å². The van der Waals surface area contributed by atoms with Gasteiger partial charge in [-0.25, -0.2) is 0 Å². The van der Waals surface area contributed by atoms with Crippen molar-refractivity contribution in [3.05, 3.63) is 20.8 Å². The Hall–Kier alpha value is -0.430. The summed E-state index contributed by atoms with van der Waals surface area (Å²) < 4.78 is 6.16. The summed E-state index contributed by atoms with van der Waals surface area (Å²) in [5.74, 6) is -0.0504. The van der Waals surface area contributed by atoms with E-state index in [0.29, 0.717) is 37.5 Å². The third kappa shape index (κ3) is 3.32. The second-order valence-electron chi connectivity index (χ2n) is 4.60. The topological polar surface area (TPSA) is 49.8 Å².